The van der Waals surface area contributed by atoms with E-state index in [1.807, 2.05) is 0 Å². The zero-order valence-corrected chi connectivity index (χ0v) is 120. The molecule has 2 rings (SSSR count). The summed E-state index contributed by atoms with van der Waals surface area (Å²) in [7, 11) is -107. The van der Waals surface area contributed by atoms with Crippen LogP contribution in [0.25, 0.3) is 0 Å². The minimum atomic E-state index is -7.00. The average molecular weight is 2510 g/mol. The maximum absolute atomic E-state index is 13.8. The summed E-state index contributed by atoms with van der Waals surface area (Å²) in [6.45, 7) is -11.9. The molecule has 0 radical (unpaired) electrons. The van der Waals surface area contributed by atoms with Crippen molar-refractivity contribution in [2.75, 3.05) is 39.5 Å². The summed E-state index contributed by atoms with van der Waals surface area (Å²) in [5.74, 6) is -4.83. The van der Waals surface area contributed by atoms with Gasteiger partial charge in [-0.1, -0.05) is 51.4 Å². The van der Waals surface area contributed by atoms with Crippen LogP contribution in [0.15, 0.2) is 0 Å². The summed E-state index contributed by atoms with van der Waals surface area (Å²) in [6, 6.07) is 0. The van der Waals surface area contributed by atoms with Gasteiger partial charge in [0.15, 0.2) is 37.0 Å². The third-order valence-corrected chi connectivity index (χ3v) is 20.9. The van der Waals surface area contributed by atoms with Gasteiger partial charge in [-0.05, 0) is 12.8 Å². The Morgan fingerprint density at radius 3 is 0.614 bits per heavy atom. The first-order valence-corrected chi connectivity index (χ1v) is 51.9. The van der Waals surface area contributed by atoms with Crippen molar-refractivity contribution >= 4 is 178 Å². The van der Waals surface area contributed by atoms with Crippen LogP contribution in [0, 0.1) is 0 Å². The van der Waals surface area contributed by atoms with Gasteiger partial charge >= 0.3 is 473 Å². The standard InChI is InChI=1S/C36H68N2O70S16.16Na/c39-33(29(105-121(77,78)79)25(101-117(65,66)67)21(19(97-113(53,54)55)15-91-111(47,48)49)95-35-31(107-123(83,84)85)27(103-119(71,72)73)23(99-115(59,60)61)17(93-35)13-89-109(41,42)43)37-11-9-7-5-3-1-2-4-6-8-10-12-38-34(40)30(106-122(80,81)82)26(102-118(68,69)70)22(20(98-114(56,57)58)16-92-112(50,51)52)96-36-32(108-124(86,87)88)28(104-120(74,75)76)24(100-116(62,63)64)18(94-36)14-90-110(44,45)46;;;;;;;;;;;;;;;;/h17-32,35-36H,1-16H2,(H,37,39)(H,38,40)(H,41,42,43)(H,44,45,46)(H,47,48,49)(H,50,51,52)(H,53,54,55)(H,56,57,58)(H,59,60,61)(H,62,63,64)(H,65,66,67)(H,68,69,70)(H,71,72,73)(H,74,75,76)(H,77,78,79)(H,80,81,82)(H,83,84,85)(H,86,87,88);;;;;;;;;;;;;;;;/q;16*+1/p-16/t17-,18+,19?,20?,21-,22?,23+,24-,25?,26?,27+,28-,29?,30?,31-,32+,35+,36-;;;;;;;;;;;;;;;;/m1................/s1. The minimum Gasteiger partial charge on any atom is -0.726 e. The number of rotatable bonds is 61. The van der Waals surface area contributed by atoms with E-state index in [-0.39, 0.29) is 524 Å². The van der Waals surface area contributed by atoms with Crippen LogP contribution in [-0.4, -0.2) is 369 Å². The van der Waals surface area contributed by atoms with Crippen LogP contribution in [0.4, 0.5) is 0 Å². The van der Waals surface area contributed by atoms with Crippen molar-refractivity contribution in [2.45, 2.75) is 174 Å². The third-order valence-electron chi connectivity index (χ3n) is 13.7. The number of hydrogen-bond donors (Lipinski definition) is 2. The zero-order chi connectivity index (χ0) is 96.4. The third kappa shape index (κ3) is 90.0. The van der Waals surface area contributed by atoms with E-state index in [0.29, 0.717) is 0 Å². The number of carbonyl (C=O) groups excluding carboxylic acids is 2. The van der Waals surface area contributed by atoms with Crippen molar-refractivity contribution in [3.8, 4) is 0 Å². The van der Waals surface area contributed by atoms with Crippen molar-refractivity contribution in [1.82, 2.24) is 10.6 Å². The first kappa shape index (κ1) is 185. The van der Waals surface area contributed by atoms with Crippen LogP contribution in [0.3, 0.4) is 0 Å². The van der Waals surface area contributed by atoms with Gasteiger partial charge in [0.2, 0.25) is 166 Å². The maximum atomic E-state index is 13.8. The summed E-state index contributed by atoms with van der Waals surface area (Å²) in [5.41, 5.74) is 0. The first-order chi connectivity index (χ1) is 55.3. The quantitative estimate of drug-likeness (QED) is 0.0247. The van der Waals surface area contributed by atoms with Crippen LogP contribution < -0.4 is 484 Å². The van der Waals surface area contributed by atoms with E-state index in [1.54, 1.807) is 10.6 Å². The number of ether oxygens (including phenoxy) is 4. The summed E-state index contributed by atoms with van der Waals surface area (Å²) in [4.78, 5) is 27.7. The molecule has 104 heteroatoms. The molecule has 2 heterocycles. The van der Waals surface area contributed by atoms with Crippen LogP contribution in [-0.2, 0) is 262 Å². The summed E-state index contributed by atoms with van der Waals surface area (Å²) < 4.78 is 655. The van der Waals surface area contributed by atoms with Crippen molar-refractivity contribution in [3.05, 3.63) is 0 Å². The van der Waals surface area contributed by atoms with Gasteiger partial charge in [0.05, 0.1) is 26.4 Å². The number of unbranched alkanes of at least 4 members (excludes halogenated alkanes) is 9. The average Bonchev–Trinajstić information content (AvgIpc) is 0.761. The first-order valence-electron chi connectivity index (χ1n) is 30.5. The monoisotopic (exact) mass is 2510 g/mol. The van der Waals surface area contributed by atoms with Gasteiger partial charge in [-0.2, -0.15) is 0 Å². The Morgan fingerprint density at radius 2 is 0.421 bits per heavy atom. The van der Waals surface area contributed by atoms with Gasteiger partial charge < -0.3 is 102 Å². The Kier molecular flexibility index (Phi) is 107. The molecule has 140 heavy (non-hydrogen) atoms. The number of amides is 2. The molecule has 2 aliphatic heterocycles. The molecule has 2 fully saturated rings. The molecular weight excluding hydrogens is 2460 g/mol. The molecule has 2 aliphatic rings. The smallest absolute Gasteiger partial charge is 0.726 e. The number of hydrogen-bond acceptors (Lipinski definition) is 70. The molecule has 0 bridgehead atoms. The molecule has 0 aromatic heterocycles. The molecule has 2 saturated heterocycles. The molecule has 0 aromatic rings. The molecule has 7 unspecified atom stereocenters. The second-order valence-corrected chi connectivity index (χ2v) is 39.2. The summed E-state index contributed by atoms with van der Waals surface area (Å²) >= 11 is 0. The fourth-order valence-electron chi connectivity index (χ4n) is 9.90. The molecule has 738 valence electrons. The molecule has 0 spiro atoms. The van der Waals surface area contributed by atoms with Crippen molar-refractivity contribution in [3.63, 3.8) is 0 Å². The second-order valence-electron chi connectivity index (χ2n) is 22.9. The van der Waals surface area contributed by atoms with Crippen molar-refractivity contribution in [1.29, 1.82) is 0 Å². The van der Waals surface area contributed by atoms with Crippen molar-refractivity contribution < 1.29 is 776 Å². The molecule has 18 atom stereocenters. The SMILES string of the molecule is O=C(NCCCCCCCCCCCCNC(=O)C(OS(=O)(=O)[O-])C(OS(=O)(=O)[O-])[C@H](O[C@@H]1O[C@H](COS(=O)(=O)[O-])[C@H](OS(=O)(=O)[O-])[C@H](OS(=O)(=O)[O-])[C@H]1OS(=O)(=O)[O-])C(COS(=O)(=O)[O-])OS(=O)(=O)[O-])C(OS(=O)(=O)[O-])C(OS(=O)(=O)[O-])C(O[C@H]1O[C@@H](COS(=O)(=O)[O-])[C@@H](OS(=O)(=O)[O-])[C@@H](OS(=O)(=O)[O-])[C@@H]1OS(=O)(=O)[O-])C(COS(=O)(=O)[O-])OS(=O)(=O)[O-].[Na+].[Na+].[Na+].[Na+].[Na+].[Na+].[Na+].[Na+].[Na+].[Na+].[Na+].[Na+].[Na+].[Na+].[Na+].[Na+]. The topological polar surface area (TPSA) is 1160 Å². The Balaban J connectivity index is -0.000000751. The van der Waals surface area contributed by atoms with E-state index in [1.165, 1.54) is 0 Å². The largest absolute Gasteiger partial charge is 1.00 e. The van der Waals surface area contributed by atoms with Crippen molar-refractivity contribution in [2.24, 2.45) is 0 Å². The fraction of sp³-hybridized carbons (Fsp3) is 0.944. The van der Waals surface area contributed by atoms with Gasteiger partial charge in [0.1, 0.15) is 73.2 Å². The van der Waals surface area contributed by atoms with Crippen LogP contribution >= 0.6 is 0 Å². The Hall–Kier alpha value is 12.7. The van der Waals surface area contributed by atoms with E-state index < -0.39 is 341 Å². The van der Waals surface area contributed by atoms with E-state index in [0.717, 1.165) is 0 Å². The van der Waals surface area contributed by atoms with Crippen LogP contribution in [0.2, 0.25) is 0 Å². The summed E-state index contributed by atoms with van der Waals surface area (Å²) in [6.07, 6.45) is -70.7. The molecule has 0 aromatic carbocycles. The Morgan fingerprint density at radius 1 is 0.229 bits per heavy atom. The van der Waals surface area contributed by atoms with Gasteiger partial charge in [-0.25, -0.2) is 135 Å². The zero-order valence-electron chi connectivity index (χ0n) is 74.8. The van der Waals surface area contributed by atoms with E-state index >= 15 is 0 Å². The van der Waals surface area contributed by atoms with E-state index in [2.05, 4.69) is 66.9 Å². The van der Waals surface area contributed by atoms with Gasteiger partial charge in [-0.3, -0.25) is 76.5 Å². The van der Waals surface area contributed by atoms with Crippen LogP contribution in [0.5, 0.6) is 0 Å². The Labute approximate surface area is 1160 Å². The predicted octanol–water partition coefficient (Wildman–Crippen LogP) is -64.5. The Bertz CT molecular complexity index is 5280. The van der Waals surface area contributed by atoms with E-state index in [4.69, 9.17) is 18.9 Å². The predicted molar refractivity (Wildman–Crippen MR) is 337 cm³/mol. The van der Waals surface area contributed by atoms with Gasteiger partial charge in [-0.15, -0.1) is 0 Å². The maximum Gasteiger partial charge on any atom is 1.00 e. The molecule has 2 amide bonds. The van der Waals surface area contributed by atoms with E-state index in [9.17, 15) is 217 Å². The molecule has 0 aliphatic carbocycles. The molecule has 2 N–H and O–H groups in total. The normalized spacial score (nSPS) is 20.7. The fourth-order valence-corrected chi connectivity index (χ4v) is 16.8. The van der Waals surface area contributed by atoms with Crippen LogP contribution in [0.1, 0.15) is 64.2 Å². The molecular formula is C36H52N2Na16O70S16. The second kappa shape index (κ2) is 80.6. The van der Waals surface area contributed by atoms with Gasteiger partial charge in [0, 0.05) is 13.1 Å². The number of nitrogens with one attached hydrogen (secondary N) is 2. The van der Waals surface area contributed by atoms with Gasteiger partial charge in [0.25, 0.3) is 11.8 Å². The number of carbonyl (C=O) groups is 2. The minimum absolute atomic E-state index is 0. The molecule has 72 nitrogen and oxygen atoms in total. The molecule has 0 saturated carbocycles. The summed E-state index contributed by atoms with van der Waals surface area (Å²) in [5, 5.41) is 3.30.